The smallest absolute Gasteiger partial charge is 0.252 e. The molecule has 1 aromatic heterocycles. The van der Waals surface area contributed by atoms with Crippen LogP contribution in [0, 0.1) is 0 Å². The minimum Gasteiger partial charge on any atom is -0.339 e. The van der Waals surface area contributed by atoms with Crippen molar-refractivity contribution in [2.75, 3.05) is 20.8 Å². The van der Waals surface area contributed by atoms with Crippen LogP contribution in [0.2, 0.25) is 0 Å². The Morgan fingerprint density at radius 2 is 2.18 bits per heavy atom. The van der Waals surface area contributed by atoms with Gasteiger partial charge < -0.3 is 5.32 Å². The number of aromatic nitrogens is 1. The van der Waals surface area contributed by atoms with E-state index < -0.39 is 0 Å². The van der Waals surface area contributed by atoms with Crippen molar-refractivity contribution in [3.8, 4) is 0 Å². The highest BCUT2D eigenvalue weighted by atomic mass is 16.1. The number of carbonyl (C=O) groups is 1. The molecule has 0 fully saturated rings. The first-order chi connectivity index (χ1) is 8.16. The quantitative estimate of drug-likeness (QED) is 0.811. The third-order valence-electron chi connectivity index (χ3n) is 2.42. The van der Waals surface area contributed by atoms with Crippen LogP contribution in [0.4, 0.5) is 0 Å². The van der Waals surface area contributed by atoms with E-state index in [0.29, 0.717) is 12.2 Å². The second kappa shape index (κ2) is 4.93. The van der Waals surface area contributed by atoms with Crippen molar-refractivity contribution >= 4 is 16.8 Å². The van der Waals surface area contributed by atoms with Gasteiger partial charge in [-0.1, -0.05) is 6.07 Å². The largest absolute Gasteiger partial charge is 0.339 e. The molecule has 4 nitrogen and oxygen atoms in total. The van der Waals surface area contributed by atoms with E-state index in [9.17, 15) is 4.79 Å². The van der Waals surface area contributed by atoms with Gasteiger partial charge in [-0.15, -0.1) is 0 Å². The second-order valence-electron chi connectivity index (χ2n) is 4.15. The zero-order valence-electron chi connectivity index (χ0n) is 9.97. The van der Waals surface area contributed by atoms with Gasteiger partial charge in [0.15, 0.2) is 0 Å². The third kappa shape index (κ3) is 2.79. The van der Waals surface area contributed by atoms with Crippen LogP contribution >= 0.6 is 0 Å². The molecule has 1 amide bonds. The lowest BCUT2D eigenvalue weighted by Crippen LogP contribution is -2.32. The fraction of sp³-hybridized carbons (Fsp3) is 0.231. The summed E-state index contributed by atoms with van der Waals surface area (Å²) in [6.45, 7) is 0.532. The molecule has 2 aromatic rings. The molecule has 0 aliphatic rings. The zero-order valence-corrected chi connectivity index (χ0v) is 9.97. The van der Waals surface area contributed by atoms with E-state index in [1.54, 1.807) is 12.3 Å². The zero-order chi connectivity index (χ0) is 12.3. The third-order valence-corrected chi connectivity index (χ3v) is 2.42. The summed E-state index contributed by atoms with van der Waals surface area (Å²) in [5, 5.41) is 3.81. The number of pyridine rings is 1. The molecule has 0 aliphatic carbocycles. The van der Waals surface area contributed by atoms with Crippen molar-refractivity contribution in [1.29, 1.82) is 0 Å². The van der Waals surface area contributed by atoms with Crippen molar-refractivity contribution in [3.63, 3.8) is 0 Å². The Morgan fingerprint density at radius 3 is 2.94 bits per heavy atom. The van der Waals surface area contributed by atoms with Crippen LogP contribution in [-0.2, 0) is 0 Å². The predicted octanol–water partition coefficient (Wildman–Crippen LogP) is 1.48. The maximum atomic E-state index is 11.8. The fourth-order valence-corrected chi connectivity index (χ4v) is 1.55. The molecule has 0 atom stereocenters. The van der Waals surface area contributed by atoms with Gasteiger partial charge in [-0.05, 0) is 38.4 Å². The molecule has 0 spiro atoms. The van der Waals surface area contributed by atoms with Crippen LogP contribution in [0.5, 0.6) is 0 Å². The van der Waals surface area contributed by atoms with Crippen molar-refractivity contribution < 1.29 is 4.79 Å². The predicted molar refractivity (Wildman–Crippen MR) is 67.8 cm³/mol. The lowest BCUT2D eigenvalue weighted by atomic mass is 10.1. The molecule has 1 N–H and O–H groups in total. The average Bonchev–Trinajstić information content (AvgIpc) is 2.35. The maximum absolute atomic E-state index is 11.8. The Morgan fingerprint density at radius 1 is 1.35 bits per heavy atom. The summed E-state index contributed by atoms with van der Waals surface area (Å²) >= 11 is 0. The molecule has 88 valence electrons. The lowest BCUT2D eigenvalue weighted by Gasteiger charge is -2.11. The van der Waals surface area contributed by atoms with Crippen LogP contribution in [-0.4, -0.2) is 36.6 Å². The summed E-state index contributed by atoms with van der Waals surface area (Å²) in [4.78, 5) is 18.0. The molecule has 1 heterocycles. The summed E-state index contributed by atoms with van der Waals surface area (Å²) in [5.41, 5.74) is 1.56. The van der Waals surface area contributed by atoms with Crippen molar-refractivity contribution in [2.24, 2.45) is 0 Å². The topological polar surface area (TPSA) is 45.2 Å². The summed E-state index contributed by atoms with van der Waals surface area (Å²) in [5.74, 6) is -0.0653. The van der Waals surface area contributed by atoms with Crippen LogP contribution in [0.25, 0.3) is 10.9 Å². The Balaban J connectivity index is 2.21. The molecular weight excluding hydrogens is 214 g/mol. The molecule has 1 aromatic carbocycles. The van der Waals surface area contributed by atoms with Gasteiger partial charge in [-0.3, -0.25) is 14.7 Å². The first-order valence-electron chi connectivity index (χ1n) is 5.44. The molecule has 0 radical (unpaired) electrons. The first-order valence-corrected chi connectivity index (χ1v) is 5.44. The van der Waals surface area contributed by atoms with E-state index in [1.807, 2.05) is 43.3 Å². The average molecular weight is 229 g/mol. The Labute approximate surface area is 100 Å². The van der Waals surface area contributed by atoms with E-state index in [0.717, 1.165) is 10.9 Å². The van der Waals surface area contributed by atoms with Gasteiger partial charge in [0.1, 0.15) is 0 Å². The number of carbonyl (C=O) groups excluding carboxylic acids is 1. The first kappa shape index (κ1) is 11.5. The molecule has 0 saturated carbocycles. The summed E-state index contributed by atoms with van der Waals surface area (Å²) < 4.78 is 0. The van der Waals surface area contributed by atoms with E-state index >= 15 is 0 Å². The molecule has 0 bridgehead atoms. The monoisotopic (exact) mass is 229 g/mol. The summed E-state index contributed by atoms with van der Waals surface area (Å²) in [6.07, 6.45) is 1.74. The number of amides is 1. The normalized spacial score (nSPS) is 10.8. The second-order valence-corrected chi connectivity index (χ2v) is 4.15. The summed E-state index contributed by atoms with van der Waals surface area (Å²) in [6, 6.07) is 9.32. The number of nitrogens with zero attached hydrogens (tertiary/aromatic N) is 2. The molecule has 0 aliphatic heterocycles. The highest BCUT2D eigenvalue weighted by molar-refractivity contribution is 5.97. The Kier molecular flexibility index (Phi) is 3.35. The highest BCUT2D eigenvalue weighted by Crippen LogP contribution is 2.13. The van der Waals surface area contributed by atoms with Crippen molar-refractivity contribution in [2.45, 2.75) is 0 Å². The molecule has 0 unspecified atom stereocenters. The van der Waals surface area contributed by atoms with Gasteiger partial charge in [-0.2, -0.15) is 0 Å². The highest BCUT2D eigenvalue weighted by Gasteiger charge is 2.06. The minimum atomic E-state index is -0.0653. The lowest BCUT2D eigenvalue weighted by molar-refractivity contribution is 0.0935. The van der Waals surface area contributed by atoms with Gasteiger partial charge in [-0.25, -0.2) is 0 Å². The van der Waals surface area contributed by atoms with Gasteiger partial charge in [0, 0.05) is 17.1 Å². The number of nitrogens with one attached hydrogen (secondary N) is 1. The van der Waals surface area contributed by atoms with Gasteiger partial charge in [0.2, 0.25) is 0 Å². The van der Waals surface area contributed by atoms with Crippen molar-refractivity contribution in [1.82, 2.24) is 15.2 Å². The van der Waals surface area contributed by atoms with Gasteiger partial charge in [0.25, 0.3) is 5.91 Å². The number of fused-ring (bicyclic) bond motifs is 1. The molecule has 17 heavy (non-hydrogen) atoms. The van der Waals surface area contributed by atoms with E-state index in [-0.39, 0.29) is 5.91 Å². The van der Waals surface area contributed by atoms with Gasteiger partial charge in [0.05, 0.1) is 12.2 Å². The Hall–Kier alpha value is -1.94. The Bertz CT molecular complexity index is 537. The molecular formula is C13H15N3O. The number of benzene rings is 1. The van der Waals surface area contributed by atoms with E-state index in [4.69, 9.17) is 0 Å². The molecule has 4 heteroatoms. The van der Waals surface area contributed by atoms with Crippen molar-refractivity contribution in [3.05, 3.63) is 42.1 Å². The van der Waals surface area contributed by atoms with E-state index in [2.05, 4.69) is 10.3 Å². The van der Waals surface area contributed by atoms with Gasteiger partial charge >= 0.3 is 0 Å². The number of hydrogen-bond donors (Lipinski definition) is 1. The van der Waals surface area contributed by atoms with Crippen LogP contribution in [0.15, 0.2) is 36.5 Å². The van der Waals surface area contributed by atoms with Crippen LogP contribution < -0.4 is 5.32 Å². The SMILES string of the molecule is CN(C)CNC(=O)c1ccc2ncccc2c1. The molecule has 2 rings (SSSR count). The standard InChI is InChI=1S/C13H15N3O/c1-16(2)9-15-13(17)11-5-6-12-10(8-11)4-3-7-14-12/h3-8H,9H2,1-2H3,(H,15,17). The number of hydrogen-bond acceptors (Lipinski definition) is 3. The van der Waals surface area contributed by atoms with Crippen LogP contribution in [0.1, 0.15) is 10.4 Å². The minimum absolute atomic E-state index is 0.0653. The fourth-order valence-electron chi connectivity index (χ4n) is 1.55. The molecule has 0 saturated heterocycles. The van der Waals surface area contributed by atoms with Crippen LogP contribution in [0.3, 0.4) is 0 Å². The number of rotatable bonds is 3. The summed E-state index contributed by atoms with van der Waals surface area (Å²) in [7, 11) is 3.81. The van der Waals surface area contributed by atoms with E-state index in [1.165, 1.54) is 0 Å². The maximum Gasteiger partial charge on any atom is 0.252 e.